The first-order chi connectivity index (χ1) is 5.47. The van der Waals surface area contributed by atoms with Crippen LogP contribution in [0.5, 0.6) is 0 Å². The summed E-state index contributed by atoms with van der Waals surface area (Å²) >= 11 is 0. The third kappa shape index (κ3) is 1.40. The normalized spacial score (nSPS) is 23.8. The highest BCUT2D eigenvalue weighted by Crippen LogP contribution is 2.19. The van der Waals surface area contributed by atoms with Crippen molar-refractivity contribution in [2.45, 2.75) is 18.9 Å². The largest absolute Gasteiger partial charge is 0.309 e. The van der Waals surface area contributed by atoms with Gasteiger partial charge in [0.05, 0.1) is 11.7 Å². The molecule has 0 aromatic carbocycles. The van der Waals surface area contributed by atoms with Gasteiger partial charge in [0.25, 0.3) is 0 Å². The van der Waals surface area contributed by atoms with E-state index in [0.717, 1.165) is 12.2 Å². The molecule has 57 valence electrons. The Morgan fingerprint density at radius 3 is 3.27 bits per heavy atom. The Bertz CT molecular complexity index is 214. The van der Waals surface area contributed by atoms with E-state index in [4.69, 9.17) is 0 Å². The number of hydrogen-bond donors (Lipinski definition) is 1. The number of nitrogens with one attached hydrogen (secondary N) is 1. The van der Waals surface area contributed by atoms with Gasteiger partial charge in [0.1, 0.15) is 0 Å². The van der Waals surface area contributed by atoms with Crippen molar-refractivity contribution in [2.75, 3.05) is 6.54 Å². The van der Waals surface area contributed by atoms with Crippen LogP contribution in [0.1, 0.15) is 24.6 Å². The third-order valence-corrected chi connectivity index (χ3v) is 2.02. The zero-order valence-electron chi connectivity index (χ0n) is 6.38. The van der Waals surface area contributed by atoms with Crippen LogP contribution < -0.4 is 5.32 Å². The number of aromatic nitrogens is 1. The van der Waals surface area contributed by atoms with Gasteiger partial charge < -0.3 is 5.32 Å². The molecule has 1 aliphatic rings. The summed E-state index contributed by atoms with van der Waals surface area (Å²) in [7, 11) is 0. The van der Waals surface area contributed by atoms with Crippen molar-refractivity contribution in [1.82, 2.24) is 10.3 Å². The molecule has 1 atom stereocenters. The Morgan fingerprint density at radius 1 is 1.64 bits per heavy atom. The first-order valence-electron chi connectivity index (χ1n) is 4.03. The molecular formula is C9H11N2. The number of hydrogen-bond acceptors (Lipinski definition) is 2. The second-order valence-electron chi connectivity index (χ2n) is 2.82. The van der Waals surface area contributed by atoms with E-state index in [0.29, 0.717) is 6.04 Å². The van der Waals surface area contributed by atoms with E-state index < -0.39 is 0 Å². The standard InChI is InChI=1S/C9H11N2/c1-2-6-10-8(4-1)9-5-3-7-11-9/h1-2,6,9,11H,3,5,7H2/t9-/m0/s1. The summed E-state index contributed by atoms with van der Waals surface area (Å²) in [6.45, 7) is 1.12. The lowest BCUT2D eigenvalue weighted by Gasteiger charge is -2.06. The topological polar surface area (TPSA) is 24.9 Å². The van der Waals surface area contributed by atoms with E-state index in [1.807, 2.05) is 18.3 Å². The van der Waals surface area contributed by atoms with Crippen molar-refractivity contribution in [3.63, 3.8) is 0 Å². The van der Waals surface area contributed by atoms with E-state index in [-0.39, 0.29) is 0 Å². The molecule has 0 bridgehead atoms. The summed E-state index contributed by atoms with van der Waals surface area (Å²) in [4.78, 5) is 4.24. The van der Waals surface area contributed by atoms with Crippen molar-refractivity contribution < 1.29 is 0 Å². The van der Waals surface area contributed by atoms with Gasteiger partial charge >= 0.3 is 0 Å². The van der Waals surface area contributed by atoms with Crippen LogP contribution in [0.15, 0.2) is 18.3 Å². The quantitative estimate of drug-likeness (QED) is 0.647. The van der Waals surface area contributed by atoms with Crippen LogP contribution in [0.3, 0.4) is 0 Å². The van der Waals surface area contributed by atoms with Gasteiger partial charge in [-0.05, 0) is 25.5 Å². The van der Waals surface area contributed by atoms with E-state index in [2.05, 4.69) is 16.4 Å². The summed E-state index contributed by atoms with van der Waals surface area (Å²) in [5, 5.41) is 3.38. The molecule has 0 unspecified atom stereocenters. The Labute approximate surface area is 66.7 Å². The number of nitrogens with zero attached hydrogens (tertiary/aromatic N) is 1. The van der Waals surface area contributed by atoms with Crippen LogP contribution in [-0.4, -0.2) is 11.5 Å². The molecule has 0 aliphatic carbocycles. The first-order valence-corrected chi connectivity index (χ1v) is 4.03. The molecule has 0 saturated carbocycles. The van der Waals surface area contributed by atoms with Crippen LogP contribution in [-0.2, 0) is 0 Å². The average Bonchev–Trinajstić information content (AvgIpc) is 2.58. The Balaban J connectivity index is 2.16. The molecule has 1 saturated heterocycles. The van der Waals surface area contributed by atoms with Gasteiger partial charge in [-0.15, -0.1) is 0 Å². The summed E-state index contributed by atoms with van der Waals surface area (Å²) in [6, 6.07) is 7.41. The van der Waals surface area contributed by atoms with Gasteiger partial charge in [-0.25, -0.2) is 0 Å². The molecule has 1 fully saturated rings. The maximum Gasteiger partial charge on any atom is 0.0652 e. The predicted molar refractivity (Wildman–Crippen MR) is 43.1 cm³/mol. The Morgan fingerprint density at radius 2 is 2.64 bits per heavy atom. The minimum absolute atomic E-state index is 0.455. The molecular weight excluding hydrogens is 136 g/mol. The molecule has 2 heterocycles. The lowest BCUT2D eigenvalue weighted by Crippen LogP contribution is -2.13. The zero-order chi connectivity index (χ0) is 7.52. The van der Waals surface area contributed by atoms with Gasteiger partial charge in [0, 0.05) is 12.3 Å². The lowest BCUT2D eigenvalue weighted by molar-refractivity contribution is 0.627. The number of pyridine rings is 1. The Hall–Kier alpha value is -0.890. The van der Waals surface area contributed by atoms with Crippen molar-refractivity contribution in [3.8, 4) is 0 Å². The van der Waals surface area contributed by atoms with Crippen LogP contribution in [0, 0.1) is 6.07 Å². The molecule has 1 aromatic rings. The maximum atomic E-state index is 4.24. The van der Waals surface area contributed by atoms with E-state index in [1.165, 1.54) is 12.8 Å². The first kappa shape index (κ1) is 6.80. The minimum Gasteiger partial charge on any atom is -0.309 e. The van der Waals surface area contributed by atoms with Gasteiger partial charge in [0.2, 0.25) is 0 Å². The van der Waals surface area contributed by atoms with Gasteiger partial charge in [-0.1, -0.05) is 6.07 Å². The molecule has 2 heteroatoms. The highest BCUT2D eigenvalue weighted by Gasteiger charge is 2.16. The van der Waals surface area contributed by atoms with E-state index in [1.54, 1.807) is 0 Å². The second-order valence-corrected chi connectivity index (χ2v) is 2.82. The fourth-order valence-electron chi connectivity index (χ4n) is 1.45. The smallest absolute Gasteiger partial charge is 0.0652 e. The lowest BCUT2D eigenvalue weighted by atomic mass is 10.1. The fraction of sp³-hybridized carbons (Fsp3) is 0.444. The maximum absolute atomic E-state index is 4.24. The molecule has 11 heavy (non-hydrogen) atoms. The Kier molecular flexibility index (Phi) is 1.86. The number of rotatable bonds is 1. The zero-order valence-corrected chi connectivity index (χ0v) is 6.38. The van der Waals surface area contributed by atoms with Crippen molar-refractivity contribution in [3.05, 3.63) is 30.1 Å². The molecule has 2 rings (SSSR count). The van der Waals surface area contributed by atoms with Crippen molar-refractivity contribution in [2.24, 2.45) is 0 Å². The highest BCUT2D eigenvalue weighted by molar-refractivity contribution is 5.07. The monoisotopic (exact) mass is 147 g/mol. The summed E-state index contributed by atoms with van der Waals surface area (Å²) < 4.78 is 0. The van der Waals surface area contributed by atoms with Gasteiger partial charge in [-0.2, -0.15) is 0 Å². The van der Waals surface area contributed by atoms with Gasteiger partial charge in [-0.3, -0.25) is 4.98 Å². The van der Waals surface area contributed by atoms with E-state index >= 15 is 0 Å². The molecule has 1 N–H and O–H groups in total. The molecule has 0 spiro atoms. The summed E-state index contributed by atoms with van der Waals surface area (Å²) in [5.41, 5.74) is 1.06. The average molecular weight is 147 g/mol. The third-order valence-electron chi connectivity index (χ3n) is 2.02. The predicted octanol–water partition coefficient (Wildman–Crippen LogP) is 1.31. The molecule has 1 aliphatic heterocycles. The molecule has 0 amide bonds. The fourth-order valence-corrected chi connectivity index (χ4v) is 1.45. The van der Waals surface area contributed by atoms with Crippen molar-refractivity contribution >= 4 is 0 Å². The second kappa shape index (κ2) is 3.01. The van der Waals surface area contributed by atoms with Crippen LogP contribution in [0.4, 0.5) is 0 Å². The molecule has 1 aromatic heterocycles. The van der Waals surface area contributed by atoms with Crippen molar-refractivity contribution in [1.29, 1.82) is 0 Å². The summed E-state index contributed by atoms with van der Waals surface area (Å²) in [5.74, 6) is 0. The highest BCUT2D eigenvalue weighted by atomic mass is 15.0. The SMILES string of the molecule is [c]1cccnc1[C@@H]1CCCN1. The van der Waals surface area contributed by atoms with Crippen LogP contribution >= 0.6 is 0 Å². The van der Waals surface area contributed by atoms with Gasteiger partial charge in [0.15, 0.2) is 0 Å². The molecule has 2 nitrogen and oxygen atoms in total. The van der Waals surface area contributed by atoms with Crippen LogP contribution in [0.2, 0.25) is 0 Å². The minimum atomic E-state index is 0.455. The summed E-state index contributed by atoms with van der Waals surface area (Å²) in [6.07, 6.45) is 4.29. The van der Waals surface area contributed by atoms with E-state index in [9.17, 15) is 0 Å². The molecule has 1 radical (unpaired) electrons. The van der Waals surface area contributed by atoms with Crippen LogP contribution in [0.25, 0.3) is 0 Å².